The lowest BCUT2D eigenvalue weighted by Gasteiger charge is -2.20. The number of hydrogen-bond acceptors (Lipinski definition) is 3. The van der Waals surface area contributed by atoms with Gasteiger partial charge in [-0.25, -0.2) is 0 Å². The molecule has 0 aliphatic carbocycles. The van der Waals surface area contributed by atoms with E-state index in [1.807, 2.05) is 12.1 Å². The summed E-state index contributed by atoms with van der Waals surface area (Å²) < 4.78 is 16.9. The maximum atomic E-state index is 5.77. The van der Waals surface area contributed by atoms with Crippen LogP contribution in [0.1, 0.15) is 22.3 Å². The smallest absolute Gasteiger partial charge is 0.203 e. The molecule has 0 aliphatic heterocycles. The summed E-state index contributed by atoms with van der Waals surface area (Å²) in [7, 11) is 5.00. The quantitative estimate of drug-likeness (QED) is 0.559. The highest BCUT2D eigenvalue weighted by Crippen LogP contribution is 2.43. The van der Waals surface area contributed by atoms with Gasteiger partial charge in [0.05, 0.1) is 21.3 Å². The van der Waals surface area contributed by atoms with Crippen LogP contribution in [0.4, 0.5) is 0 Å². The Labute approximate surface area is 161 Å². The summed E-state index contributed by atoms with van der Waals surface area (Å²) >= 11 is 0. The molecule has 3 nitrogen and oxygen atoms in total. The zero-order valence-electron chi connectivity index (χ0n) is 16.2. The van der Waals surface area contributed by atoms with Gasteiger partial charge in [0.25, 0.3) is 0 Å². The Morgan fingerprint density at radius 3 is 1.78 bits per heavy atom. The van der Waals surface area contributed by atoms with E-state index >= 15 is 0 Å². The molecule has 0 N–H and O–H groups in total. The van der Waals surface area contributed by atoms with Crippen LogP contribution in [0, 0.1) is 0 Å². The van der Waals surface area contributed by atoms with Crippen LogP contribution in [-0.2, 0) is 19.3 Å². The third kappa shape index (κ3) is 4.43. The molecule has 0 amide bonds. The number of rotatable bonds is 8. The standard InChI is InChI=1S/C24H26O3/c1-25-22-17-20(15-14-18-10-6-4-7-11-18)21(23(26-2)24(22)27-3)16-19-12-8-5-9-13-19/h4-13,17H,14-16H2,1-3H3. The van der Waals surface area contributed by atoms with Crippen LogP contribution in [-0.4, -0.2) is 21.3 Å². The second-order valence-corrected chi connectivity index (χ2v) is 6.43. The molecule has 0 saturated carbocycles. The summed E-state index contributed by atoms with van der Waals surface area (Å²) in [5.41, 5.74) is 4.93. The lowest BCUT2D eigenvalue weighted by Crippen LogP contribution is -2.05. The summed E-state index contributed by atoms with van der Waals surface area (Å²) in [5.74, 6) is 2.10. The average molecular weight is 362 g/mol. The third-order valence-electron chi connectivity index (χ3n) is 4.77. The molecule has 3 rings (SSSR count). The van der Waals surface area contributed by atoms with Gasteiger partial charge in [-0.05, 0) is 35.6 Å². The van der Waals surface area contributed by atoms with Crippen LogP contribution < -0.4 is 14.2 Å². The van der Waals surface area contributed by atoms with Crippen molar-refractivity contribution in [2.75, 3.05) is 21.3 Å². The topological polar surface area (TPSA) is 27.7 Å². The fourth-order valence-corrected chi connectivity index (χ4v) is 3.41. The summed E-state index contributed by atoms with van der Waals surface area (Å²) in [4.78, 5) is 0. The van der Waals surface area contributed by atoms with Crippen molar-refractivity contribution < 1.29 is 14.2 Å². The van der Waals surface area contributed by atoms with E-state index < -0.39 is 0 Å². The Morgan fingerprint density at radius 2 is 1.22 bits per heavy atom. The van der Waals surface area contributed by atoms with Crippen LogP contribution in [0.5, 0.6) is 17.2 Å². The normalized spacial score (nSPS) is 10.5. The SMILES string of the molecule is COc1cc(CCc2ccccc2)c(Cc2ccccc2)c(OC)c1OC. The number of aryl methyl sites for hydroxylation is 2. The lowest BCUT2D eigenvalue weighted by atomic mass is 9.93. The maximum Gasteiger partial charge on any atom is 0.203 e. The van der Waals surface area contributed by atoms with E-state index in [4.69, 9.17) is 14.2 Å². The molecule has 0 atom stereocenters. The molecule has 0 bridgehead atoms. The first-order valence-electron chi connectivity index (χ1n) is 9.15. The molecule has 0 saturated heterocycles. The molecule has 0 fully saturated rings. The molecule has 140 valence electrons. The molecule has 3 aromatic carbocycles. The lowest BCUT2D eigenvalue weighted by molar-refractivity contribution is 0.322. The van der Waals surface area contributed by atoms with Crippen molar-refractivity contribution in [3.05, 3.63) is 89.0 Å². The molecule has 0 unspecified atom stereocenters. The Bertz CT molecular complexity index is 858. The van der Waals surface area contributed by atoms with Gasteiger partial charge < -0.3 is 14.2 Å². The molecule has 0 spiro atoms. The Hall–Kier alpha value is -2.94. The summed E-state index contributed by atoms with van der Waals surface area (Å²) in [6.07, 6.45) is 2.65. The zero-order valence-corrected chi connectivity index (χ0v) is 16.2. The molecule has 0 aliphatic rings. The van der Waals surface area contributed by atoms with Crippen LogP contribution >= 0.6 is 0 Å². The fourth-order valence-electron chi connectivity index (χ4n) is 3.41. The first-order valence-corrected chi connectivity index (χ1v) is 9.15. The van der Waals surface area contributed by atoms with Gasteiger partial charge in [0.2, 0.25) is 5.75 Å². The highest BCUT2D eigenvalue weighted by atomic mass is 16.5. The molecule has 0 aromatic heterocycles. The van der Waals surface area contributed by atoms with Gasteiger partial charge in [-0.3, -0.25) is 0 Å². The largest absolute Gasteiger partial charge is 0.493 e. The highest BCUT2D eigenvalue weighted by Gasteiger charge is 2.20. The second kappa shape index (κ2) is 9.13. The molecule has 27 heavy (non-hydrogen) atoms. The third-order valence-corrected chi connectivity index (χ3v) is 4.77. The Kier molecular flexibility index (Phi) is 6.37. The van der Waals surface area contributed by atoms with Crippen molar-refractivity contribution in [1.29, 1.82) is 0 Å². The minimum Gasteiger partial charge on any atom is -0.493 e. The van der Waals surface area contributed by atoms with Gasteiger partial charge in [-0.2, -0.15) is 0 Å². The van der Waals surface area contributed by atoms with Crippen molar-refractivity contribution in [3.63, 3.8) is 0 Å². The van der Waals surface area contributed by atoms with Crippen molar-refractivity contribution in [2.24, 2.45) is 0 Å². The summed E-state index contributed by atoms with van der Waals surface area (Å²) in [6, 6.07) is 23.0. The molecular weight excluding hydrogens is 336 g/mol. The van der Waals surface area contributed by atoms with Gasteiger partial charge in [0.1, 0.15) is 0 Å². The first kappa shape index (κ1) is 18.8. The van der Waals surface area contributed by atoms with E-state index in [-0.39, 0.29) is 0 Å². The fraction of sp³-hybridized carbons (Fsp3) is 0.250. The van der Waals surface area contributed by atoms with Crippen LogP contribution in [0.15, 0.2) is 66.7 Å². The monoisotopic (exact) mass is 362 g/mol. The molecule has 3 aromatic rings. The molecule has 3 heteroatoms. The number of hydrogen-bond donors (Lipinski definition) is 0. The van der Waals surface area contributed by atoms with E-state index in [0.29, 0.717) is 11.5 Å². The van der Waals surface area contributed by atoms with E-state index in [0.717, 1.165) is 30.6 Å². The summed E-state index contributed by atoms with van der Waals surface area (Å²) in [6.45, 7) is 0. The van der Waals surface area contributed by atoms with Crippen molar-refractivity contribution >= 4 is 0 Å². The van der Waals surface area contributed by atoms with Crippen molar-refractivity contribution in [2.45, 2.75) is 19.3 Å². The van der Waals surface area contributed by atoms with Crippen LogP contribution in [0.25, 0.3) is 0 Å². The first-order chi connectivity index (χ1) is 13.3. The van der Waals surface area contributed by atoms with Gasteiger partial charge in [-0.1, -0.05) is 60.7 Å². The molecule has 0 heterocycles. The average Bonchev–Trinajstić information content (AvgIpc) is 2.73. The molecule has 0 radical (unpaired) electrons. The van der Waals surface area contributed by atoms with E-state index in [1.54, 1.807) is 21.3 Å². The predicted octanol–water partition coefficient (Wildman–Crippen LogP) is 5.09. The van der Waals surface area contributed by atoms with Gasteiger partial charge in [-0.15, -0.1) is 0 Å². The van der Waals surface area contributed by atoms with E-state index in [9.17, 15) is 0 Å². The second-order valence-electron chi connectivity index (χ2n) is 6.43. The van der Waals surface area contributed by atoms with Crippen molar-refractivity contribution in [3.8, 4) is 17.2 Å². The van der Waals surface area contributed by atoms with Gasteiger partial charge >= 0.3 is 0 Å². The number of benzene rings is 3. The van der Waals surface area contributed by atoms with Crippen molar-refractivity contribution in [1.82, 2.24) is 0 Å². The Morgan fingerprint density at radius 1 is 0.630 bits per heavy atom. The van der Waals surface area contributed by atoms with Crippen LogP contribution in [0.2, 0.25) is 0 Å². The minimum atomic E-state index is 0.648. The van der Waals surface area contributed by atoms with E-state index in [2.05, 4.69) is 54.6 Å². The number of ether oxygens (including phenoxy) is 3. The zero-order chi connectivity index (χ0) is 19.1. The predicted molar refractivity (Wildman–Crippen MR) is 109 cm³/mol. The van der Waals surface area contributed by atoms with Gasteiger partial charge in [0, 0.05) is 12.0 Å². The molecular formula is C24H26O3. The minimum absolute atomic E-state index is 0.648. The Balaban J connectivity index is 2.02. The number of methoxy groups -OCH3 is 3. The van der Waals surface area contributed by atoms with Crippen LogP contribution in [0.3, 0.4) is 0 Å². The maximum absolute atomic E-state index is 5.77. The van der Waals surface area contributed by atoms with E-state index in [1.165, 1.54) is 16.7 Å². The highest BCUT2D eigenvalue weighted by molar-refractivity contribution is 5.60. The summed E-state index contributed by atoms with van der Waals surface area (Å²) in [5, 5.41) is 0. The van der Waals surface area contributed by atoms with Gasteiger partial charge in [0.15, 0.2) is 11.5 Å².